The smallest absolute Gasteiger partial charge is 0.455 e. The van der Waals surface area contributed by atoms with Crippen molar-refractivity contribution in [2.75, 3.05) is 0 Å². The molecule has 0 spiro atoms. The van der Waals surface area contributed by atoms with Gasteiger partial charge in [0.1, 0.15) is 23.0 Å². The topological polar surface area (TPSA) is 114 Å². The Morgan fingerprint density at radius 2 is 0.676 bits per heavy atom. The lowest BCUT2D eigenvalue weighted by atomic mass is 9.72. The molecular weight excluding hydrogens is 1600 g/mol. The second-order valence-corrected chi connectivity index (χ2v) is 54.6. The largest absolute Gasteiger partial charge is 0.494 e. The molecule has 7 heterocycles. The number of hydrogen-bond acceptors (Lipinski definition) is 12. The number of halogens is 1. The van der Waals surface area contributed by atoms with Gasteiger partial charge in [0.15, 0.2) is 34.9 Å². The second-order valence-electron chi connectivity index (χ2n) is 29.4. The summed E-state index contributed by atoms with van der Waals surface area (Å²) in [7, 11) is 12.0. The van der Waals surface area contributed by atoms with Crippen molar-refractivity contribution < 1.29 is 18.8 Å². The molecule has 0 radical (unpaired) electrons. The highest BCUT2D eigenvalue weighted by atomic mass is 79.9. The van der Waals surface area contributed by atoms with E-state index in [2.05, 4.69) is 245 Å². The van der Waals surface area contributed by atoms with Crippen molar-refractivity contribution in [3.63, 3.8) is 0 Å². The Balaban J connectivity index is 0.000000127. The SMILES string of the molecule is Brc1ccc(-c2nc(-c3ccccc3)nc(-c3ccccc3)n2)cc1.CC1(C)c2ccc(-c3ccc(-c4nc(-c5ccccc5)nc(-c5ccccc5)n4)cc3)cc2Oc2c1ccc1c2sc2ccccc21.CC1(C)c2ccc(B3OC(C)(C)C(C)(C)O3)cc2Oc2c1ccc1c2sc2ccccc21.PPP(P)P(P)P. The first-order chi connectivity index (χ1) is 53.6. The third kappa shape index (κ3) is 15.7. The van der Waals surface area contributed by atoms with Crippen LogP contribution in [0.15, 0.2) is 284 Å². The van der Waals surface area contributed by atoms with Gasteiger partial charge in [0.2, 0.25) is 0 Å². The summed E-state index contributed by atoms with van der Waals surface area (Å²) >= 11 is 7.08. The molecule has 0 saturated carbocycles. The summed E-state index contributed by atoms with van der Waals surface area (Å²) < 4.78 is 32.1. The molecule has 0 aliphatic carbocycles. The molecule has 0 bridgehead atoms. The van der Waals surface area contributed by atoms with Gasteiger partial charge in [-0.2, -0.15) is 0 Å². The van der Waals surface area contributed by atoms with Gasteiger partial charge >= 0.3 is 7.12 Å². The van der Waals surface area contributed by atoms with Crippen molar-refractivity contribution in [2.45, 2.75) is 77.4 Å². The van der Waals surface area contributed by atoms with Crippen LogP contribution in [0.3, 0.4) is 0 Å². The van der Waals surface area contributed by atoms with E-state index in [1.54, 1.807) is 11.3 Å². The maximum atomic E-state index is 6.80. The molecule has 21 heteroatoms. The predicted molar refractivity (Wildman–Crippen MR) is 492 cm³/mol. The monoisotopic (exact) mass is 1680 g/mol. The Labute approximate surface area is 678 Å². The van der Waals surface area contributed by atoms with E-state index >= 15 is 0 Å². The number of thiophene rings is 2. The maximum absolute atomic E-state index is 6.80. The summed E-state index contributed by atoms with van der Waals surface area (Å²) in [5.41, 5.74) is 12.7. The summed E-state index contributed by atoms with van der Waals surface area (Å²) in [4.78, 5) is 28.7. The molecule has 0 N–H and O–H groups in total. The van der Waals surface area contributed by atoms with Crippen molar-refractivity contribution in [2.24, 2.45) is 0 Å². The van der Waals surface area contributed by atoms with E-state index < -0.39 is 7.12 Å². The zero-order valence-corrected chi connectivity index (χ0v) is 73.0. The van der Waals surface area contributed by atoms with Crippen LogP contribution in [0, 0.1) is 0 Å². The normalized spacial score (nSPS) is 14.9. The minimum atomic E-state index is -0.404. The van der Waals surface area contributed by atoms with E-state index in [1.807, 2.05) is 157 Å². The van der Waals surface area contributed by atoms with Gasteiger partial charge in [-0.3, -0.25) is 0 Å². The molecule has 19 rings (SSSR count). The van der Waals surface area contributed by atoms with Gasteiger partial charge in [0.05, 0.1) is 20.6 Å². The molecule has 16 aromatic rings. The van der Waals surface area contributed by atoms with Crippen LogP contribution in [0.4, 0.5) is 0 Å². The summed E-state index contributed by atoms with van der Waals surface area (Å²) in [5, 5.41) is 5.07. The van der Waals surface area contributed by atoms with Crippen LogP contribution in [0.1, 0.15) is 77.6 Å². The first-order valence-corrected chi connectivity index (χ1v) is 50.7. The Kier molecular flexibility index (Phi) is 22.4. The van der Waals surface area contributed by atoms with Crippen molar-refractivity contribution in [1.29, 1.82) is 0 Å². The van der Waals surface area contributed by atoms with Crippen molar-refractivity contribution >= 4 is 149 Å². The maximum Gasteiger partial charge on any atom is 0.494 e. The molecule has 6 unspecified atom stereocenters. The third-order valence-corrected chi connectivity index (χ3v) is 54.4. The molecule has 12 aromatic carbocycles. The molecule has 6 atom stereocenters. The van der Waals surface area contributed by atoms with Gasteiger partial charge in [-0.15, -0.1) is 58.4 Å². The van der Waals surface area contributed by atoms with Crippen molar-refractivity contribution in [1.82, 2.24) is 29.9 Å². The van der Waals surface area contributed by atoms with Crippen LogP contribution < -0.4 is 14.9 Å². The zero-order valence-electron chi connectivity index (χ0n) is 62.4. The Bertz CT molecular complexity index is 6000. The molecule has 111 heavy (non-hydrogen) atoms. The third-order valence-electron chi connectivity index (χ3n) is 21.0. The van der Waals surface area contributed by atoms with E-state index in [4.69, 9.17) is 43.7 Å². The van der Waals surface area contributed by atoms with Crippen LogP contribution in [0.2, 0.25) is 0 Å². The second kappa shape index (κ2) is 32.2. The molecule has 3 aliphatic rings. The molecule has 550 valence electrons. The number of fused-ring (bicyclic) bond motifs is 12. The molecule has 1 fully saturated rings. The molecular formula is C90H79BBrN6O4P7S2. The van der Waals surface area contributed by atoms with E-state index in [9.17, 15) is 0 Å². The number of ether oxygens (including phenoxy) is 2. The quantitative estimate of drug-likeness (QED) is 0.0968. The number of nitrogens with zero attached hydrogens (tertiary/aromatic N) is 6. The van der Waals surface area contributed by atoms with Crippen molar-refractivity contribution in [3.05, 3.63) is 306 Å². The van der Waals surface area contributed by atoms with Gasteiger partial charge in [-0.05, 0) is 94.7 Å². The van der Waals surface area contributed by atoms with Crippen LogP contribution in [-0.4, -0.2) is 48.2 Å². The molecule has 0 amide bonds. The van der Waals surface area contributed by atoms with E-state index in [1.165, 1.54) is 62.6 Å². The fraction of sp³-hybridized carbons (Fsp3) is 0.133. The van der Waals surface area contributed by atoms with Gasteiger partial charge in [0, 0.05) is 102 Å². The zero-order chi connectivity index (χ0) is 76.9. The van der Waals surface area contributed by atoms with Crippen LogP contribution in [0.5, 0.6) is 23.0 Å². The van der Waals surface area contributed by atoms with Crippen LogP contribution >= 0.6 is 96.2 Å². The predicted octanol–water partition coefficient (Wildman–Crippen LogP) is 27.4. The summed E-state index contributed by atoms with van der Waals surface area (Å²) in [6.07, 6.45) is 0. The Morgan fingerprint density at radius 3 is 1.05 bits per heavy atom. The average Bonchev–Trinajstić information content (AvgIpc) is 1.71. The summed E-state index contributed by atoms with van der Waals surface area (Å²) in [6.45, 7) is 17.9. The lowest BCUT2D eigenvalue weighted by Gasteiger charge is -2.35. The minimum absolute atomic E-state index is 0.165. The molecule has 10 nitrogen and oxygen atoms in total. The van der Waals surface area contributed by atoms with E-state index in [0.29, 0.717) is 34.9 Å². The van der Waals surface area contributed by atoms with Gasteiger partial charge in [0.25, 0.3) is 0 Å². The number of aromatic nitrogens is 6. The Morgan fingerprint density at radius 1 is 0.351 bits per heavy atom. The fourth-order valence-electron chi connectivity index (χ4n) is 14.1. The first-order valence-electron chi connectivity index (χ1n) is 36.4. The van der Waals surface area contributed by atoms with E-state index in [0.717, 1.165) is 85.4 Å². The number of benzene rings is 12. The van der Waals surface area contributed by atoms with Crippen LogP contribution in [0.25, 0.3) is 120 Å². The van der Waals surface area contributed by atoms with Gasteiger partial charge in [-0.1, -0.05) is 294 Å². The molecule has 3 aliphatic heterocycles. The molecule has 4 aromatic heterocycles. The summed E-state index contributed by atoms with van der Waals surface area (Å²) in [6, 6.07) is 95.7. The van der Waals surface area contributed by atoms with Crippen molar-refractivity contribution in [3.8, 4) is 102 Å². The lowest BCUT2D eigenvalue weighted by molar-refractivity contribution is 0.00578. The number of hydrogen-bond donors (Lipinski definition) is 0. The lowest BCUT2D eigenvalue weighted by Crippen LogP contribution is -2.41. The average molecular weight is 1680 g/mol. The molecule has 1 saturated heterocycles. The number of rotatable bonds is 10. The van der Waals surface area contributed by atoms with Gasteiger partial charge in [-0.25, -0.2) is 29.9 Å². The fourth-order valence-corrected chi connectivity index (χ4v) is 32.9. The summed E-state index contributed by atoms with van der Waals surface area (Å²) in [5.74, 6) is 7.72. The Hall–Kier alpha value is -7.83. The van der Waals surface area contributed by atoms with Crippen LogP contribution in [-0.2, 0) is 20.1 Å². The first kappa shape index (κ1) is 77.1. The highest BCUT2D eigenvalue weighted by Gasteiger charge is 2.52. The highest BCUT2D eigenvalue weighted by molar-refractivity contribution is 9.10. The van der Waals surface area contributed by atoms with E-state index in [-0.39, 0.29) is 36.0 Å². The van der Waals surface area contributed by atoms with Gasteiger partial charge < -0.3 is 18.8 Å². The highest BCUT2D eigenvalue weighted by Crippen LogP contribution is 2.92. The minimum Gasteiger partial charge on any atom is -0.455 e. The standard InChI is InChI=1S/C42H29N3OS.C27H27BO3S.C21H14BrN3.H9P7/c1-42(2)33-23-21-30(25-35(33)46-37-34(42)24-22-32-31-15-9-10-16-36(31)47-38(32)37)26-17-19-29(20-18-26)41-44-39(27-11-5-3-6-12-27)43-40(45-41)28-13-7-4-8-14-28;1-25(2)19-13-11-16(28-30-26(3,4)27(5,6)31-28)15-21(19)29-23-20(25)14-12-18-17-9-7-8-10-22(17)32-24(18)23;22-18-13-11-17(12-14-18)21-24-19(15-7-3-1-4-8-15)23-20(25-21)16-9-5-2-6-10-16;1-5-7(4)6(2)3/h3-25H,1-2H3;7-15H,1-6H3;1-14H;5H,1-4H2.